The average Bonchev–Trinajstić information content (AvgIpc) is 2.57. The van der Waals surface area contributed by atoms with Crippen molar-refractivity contribution >= 4 is 19.1 Å². The van der Waals surface area contributed by atoms with Crippen LogP contribution in [0.15, 0.2) is 77.9 Å². The Kier molecular flexibility index (Phi) is 4.01. The van der Waals surface area contributed by atoms with Gasteiger partial charge >= 0.3 is 0 Å². The molecule has 1 aromatic heterocycles. The number of nitrogens with zero attached hydrogens (tertiary/aromatic N) is 1. The number of pyridine rings is 1. The minimum Gasteiger partial charge on any atom is -0.346 e. The van der Waals surface area contributed by atoms with Crippen LogP contribution < -0.4 is 11.0 Å². The molecule has 0 atom stereocenters. The van der Waals surface area contributed by atoms with Gasteiger partial charge in [-0.2, -0.15) is 0 Å². The van der Waals surface area contributed by atoms with E-state index in [1.165, 1.54) is 5.46 Å². The van der Waals surface area contributed by atoms with Gasteiger partial charge in [-0.25, -0.2) is 4.99 Å². The van der Waals surface area contributed by atoms with E-state index in [9.17, 15) is 0 Å². The molecule has 2 N–H and O–H groups in total. The fourth-order valence-electron chi connectivity index (χ4n) is 2.26. The van der Waals surface area contributed by atoms with Crippen LogP contribution in [0.4, 0.5) is 0 Å². The SMILES string of the molecule is Bc1ccc(C(=N)/N=c2\[nH]cccc2-c2ccccc2)cc1. The van der Waals surface area contributed by atoms with Gasteiger partial charge < -0.3 is 4.98 Å². The highest BCUT2D eigenvalue weighted by atomic mass is 14.9. The van der Waals surface area contributed by atoms with Gasteiger partial charge in [0.1, 0.15) is 13.3 Å². The molecule has 0 saturated carbocycles. The fourth-order valence-corrected chi connectivity index (χ4v) is 2.26. The molecule has 0 fully saturated rings. The summed E-state index contributed by atoms with van der Waals surface area (Å²) in [7, 11) is 2.03. The summed E-state index contributed by atoms with van der Waals surface area (Å²) in [4.78, 5) is 7.60. The Labute approximate surface area is 130 Å². The van der Waals surface area contributed by atoms with E-state index in [-0.39, 0.29) is 5.84 Å². The van der Waals surface area contributed by atoms with Crippen LogP contribution >= 0.6 is 0 Å². The molecule has 0 aliphatic rings. The molecule has 0 aliphatic heterocycles. The number of hydrogen-bond donors (Lipinski definition) is 2. The Morgan fingerprint density at radius 1 is 0.909 bits per heavy atom. The van der Waals surface area contributed by atoms with Crippen LogP contribution in [0.2, 0.25) is 0 Å². The third kappa shape index (κ3) is 3.06. The lowest BCUT2D eigenvalue weighted by atomic mass is 9.95. The second kappa shape index (κ2) is 6.27. The maximum Gasteiger partial charge on any atom is 0.154 e. The molecule has 0 radical (unpaired) electrons. The summed E-state index contributed by atoms with van der Waals surface area (Å²) < 4.78 is 0. The van der Waals surface area contributed by atoms with Gasteiger partial charge in [-0.05, 0) is 17.7 Å². The number of aromatic amines is 1. The van der Waals surface area contributed by atoms with Crippen LogP contribution in [-0.2, 0) is 0 Å². The lowest BCUT2D eigenvalue weighted by Gasteiger charge is -2.03. The van der Waals surface area contributed by atoms with E-state index in [1.54, 1.807) is 0 Å². The summed E-state index contributed by atoms with van der Waals surface area (Å²) in [6.45, 7) is 0. The number of rotatable bonds is 2. The summed E-state index contributed by atoms with van der Waals surface area (Å²) >= 11 is 0. The Bertz CT molecular complexity index is 849. The van der Waals surface area contributed by atoms with Crippen molar-refractivity contribution in [2.75, 3.05) is 0 Å². The quantitative estimate of drug-likeness (QED) is 0.410. The molecule has 3 nitrogen and oxygen atoms in total. The second-order valence-corrected chi connectivity index (χ2v) is 5.12. The zero-order valence-corrected chi connectivity index (χ0v) is 12.4. The molecule has 0 unspecified atom stereocenters. The number of nitrogens with one attached hydrogen (secondary N) is 2. The topological polar surface area (TPSA) is 52.0 Å². The summed E-state index contributed by atoms with van der Waals surface area (Å²) in [6.07, 6.45) is 1.83. The summed E-state index contributed by atoms with van der Waals surface area (Å²) in [5, 5.41) is 8.21. The highest BCUT2D eigenvalue weighted by Crippen LogP contribution is 2.13. The zero-order chi connectivity index (χ0) is 15.4. The van der Waals surface area contributed by atoms with Crippen LogP contribution in [0.3, 0.4) is 0 Å². The molecule has 22 heavy (non-hydrogen) atoms. The van der Waals surface area contributed by atoms with Crippen LogP contribution in [0.1, 0.15) is 5.56 Å². The normalized spacial score (nSPS) is 11.4. The van der Waals surface area contributed by atoms with E-state index in [0.717, 1.165) is 16.7 Å². The van der Waals surface area contributed by atoms with E-state index in [1.807, 2.05) is 80.8 Å². The van der Waals surface area contributed by atoms with E-state index in [2.05, 4.69) is 9.98 Å². The second-order valence-electron chi connectivity index (χ2n) is 5.12. The van der Waals surface area contributed by atoms with Crippen molar-refractivity contribution in [2.24, 2.45) is 4.99 Å². The van der Waals surface area contributed by atoms with Crippen LogP contribution in [0.25, 0.3) is 11.1 Å². The monoisotopic (exact) mass is 285 g/mol. The van der Waals surface area contributed by atoms with Crippen LogP contribution in [0.5, 0.6) is 0 Å². The molecule has 0 spiro atoms. The van der Waals surface area contributed by atoms with Gasteiger partial charge in [-0.15, -0.1) is 0 Å². The smallest absolute Gasteiger partial charge is 0.154 e. The lowest BCUT2D eigenvalue weighted by Crippen LogP contribution is -2.14. The van der Waals surface area contributed by atoms with Gasteiger partial charge in [0, 0.05) is 17.3 Å². The molecule has 2 aromatic carbocycles. The predicted octanol–water partition coefficient (Wildman–Crippen LogP) is 1.87. The molecular formula is C18H16BN3. The van der Waals surface area contributed by atoms with Gasteiger partial charge in [0.25, 0.3) is 0 Å². The van der Waals surface area contributed by atoms with Crippen molar-refractivity contribution in [3.05, 3.63) is 84.0 Å². The molecule has 1 heterocycles. The largest absolute Gasteiger partial charge is 0.346 e. The van der Waals surface area contributed by atoms with Crippen molar-refractivity contribution in [3.8, 4) is 11.1 Å². The summed E-state index contributed by atoms with van der Waals surface area (Å²) in [5.74, 6) is 0.250. The van der Waals surface area contributed by atoms with Crippen molar-refractivity contribution in [2.45, 2.75) is 0 Å². The highest BCUT2D eigenvalue weighted by molar-refractivity contribution is 6.32. The highest BCUT2D eigenvalue weighted by Gasteiger charge is 2.03. The molecule has 0 saturated heterocycles. The third-order valence-electron chi connectivity index (χ3n) is 3.47. The number of amidine groups is 1. The van der Waals surface area contributed by atoms with E-state index >= 15 is 0 Å². The number of aromatic nitrogens is 1. The predicted molar refractivity (Wildman–Crippen MR) is 93.2 cm³/mol. The minimum atomic E-state index is 0.250. The lowest BCUT2D eigenvalue weighted by molar-refractivity contribution is 1.16. The Morgan fingerprint density at radius 3 is 2.36 bits per heavy atom. The molecule has 4 heteroatoms. The van der Waals surface area contributed by atoms with E-state index < -0.39 is 0 Å². The summed E-state index contributed by atoms with van der Waals surface area (Å²) in [5.41, 5.74) is 4.74. The van der Waals surface area contributed by atoms with Gasteiger partial charge in [0.2, 0.25) is 0 Å². The zero-order valence-electron chi connectivity index (χ0n) is 12.4. The number of hydrogen-bond acceptors (Lipinski definition) is 1. The van der Waals surface area contributed by atoms with Gasteiger partial charge in [0.15, 0.2) is 5.84 Å². The Hall–Kier alpha value is -2.88. The number of H-pyrrole nitrogens is 1. The van der Waals surface area contributed by atoms with Gasteiger partial charge in [-0.1, -0.05) is 60.1 Å². The van der Waals surface area contributed by atoms with Crippen molar-refractivity contribution in [1.29, 1.82) is 5.41 Å². The average molecular weight is 285 g/mol. The van der Waals surface area contributed by atoms with Crippen LogP contribution in [0, 0.1) is 5.41 Å². The molecular weight excluding hydrogens is 269 g/mol. The first kappa shape index (κ1) is 14.1. The van der Waals surface area contributed by atoms with E-state index in [0.29, 0.717) is 5.49 Å². The van der Waals surface area contributed by atoms with Gasteiger partial charge in [0.05, 0.1) is 0 Å². The molecule has 106 valence electrons. The first-order valence-corrected chi connectivity index (χ1v) is 7.17. The Morgan fingerprint density at radius 2 is 1.64 bits per heavy atom. The molecule has 0 aliphatic carbocycles. The maximum absolute atomic E-state index is 8.21. The standard InChI is InChI=1S/C18H16BN3/c19-15-10-8-14(9-11-15)17(20)22-18-16(7-4-12-21-18)13-5-2-1-3-6-13/h1-12H,19H2,(H2,20,21,22). The van der Waals surface area contributed by atoms with Crippen LogP contribution in [-0.4, -0.2) is 18.7 Å². The minimum absolute atomic E-state index is 0.250. The van der Waals surface area contributed by atoms with Crippen molar-refractivity contribution < 1.29 is 0 Å². The molecule has 0 amide bonds. The van der Waals surface area contributed by atoms with Crippen molar-refractivity contribution in [1.82, 2.24) is 4.98 Å². The first-order valence-electron chi connectivity index (χ1n) is 7.17. The van der Waals surface area contributed by atoms with Crippen molar-refractivity contribution in [3.63, 3.8) is 0 Å². The molecule has 0 bridgehead atoms. The maximum atomic E-state index is 8.21. The van der Waals surface area contributed by atoms with Gasteiger partial charge in [-0.3, -0.25) is 5.41 Å². The fraction of sp³-hybridized carbons (Fsp3) is 0. The first-order chi connectivity index (χ1) is 10.7. The third-order valence-corrected chi connectivity index (χ3v) is 3.47. The summed E-state index contributed by atoms with van der Waals surface area (Å²) in [6, 6.07) is 21.8. The molecule has 3 aromatic rings. The Balaban J connectivity index is 2.05. The molecule has 3 rings (SSSR count). The number of benzene rings is 2. The van der Waals surface area contributed by atoms with E-state index in [4.69, 9.17) is 5.41 Å².